The Hall–Kier alpha value is -2.08. The molecule has 134 valence electrons. The van der Waals surface area contributed by atoms with Crippen LogP contribution in [0.1, 0.15) is 25.3 Å². The number of hydrogen-bond donors (Lipinski definition) is 1. The minimum Gasteiger partial charge on any atom is -0.490 e. The predicted molar refractivity (Wildman–Crippen MR) is 98.3 cm³/mol. The molecule has 0 spiro atoms. The summed E-state index contributed by atoms with van der Waals surface area (Å²) in [7, 11) is 0. The van der Waals surface area contributed by atoms with Crippen molar-refractivity contribution in [2.24, 2.45) is 0 Å². The topological polar surface area (TPSA) is 47.6 Å². The molecule has 0 aliphatic rings. The van der Waals surface area contributed by atoms with Gasteiger partial charge in [0, 0.05) is 23.0 Å². The summed E-state index contributed by atoms with van der Waals surface area (Å²) in [6.07, 6.45) is 0.875. The van der Waals surface area contributed by atoms with Gasteiger partial charge in [-0.1, -0.05) is 28.1 Å². The Labute approximate surface area is 155 Å². The lowest BCUT2D eigenvalue weighted by Crippen LogP contribution is -2.23. The number of benzene rings is 2. The summed E-state index contributed by atoms with van der Waals surface area (Å²) in [6, 6.07) is 12.1. The predicted octanol–water partition coefficient (Wildman–Crippen LogP) is 4.46. The number of para-hydroxylation sites is 2. The zero-order valence-electron chi connectivity index (χ0n) is 14.1. The number of halogens is 2. The molecule has 2 aromatic rings. The normalized spacial score (nSPS) is 10.4. The zero-order chi connectivity index (χ0) is 18.1. The minimum atomic E-state index is -0.334. The maximum atomic E-state index is 13.6. The Morgan fingerprint density at radius 2 is 1.88 bits per heavy atom. The van der Waals surface area contributed by atoms with Gasteiger partial charge in [0.05, 0.1) is 13.2 Å². The van der Waals surface area contributed by atoms with E-state index in [1.54, 1.807) is 12.1 Å². The Balaban J connectivity index is 1.71. The van der Waals surface area contributed by atoms with Crippen molar-refractivity contribution >= 4 is 21.8 Å². The lowest BCUT2D eigenvalue weighted by Gasteiger charge is -2.11. The first-order valence-electron chi connectivity index (χ1n) is 8.15. The molecule has 0 bridgehead atoms. The fourth-order valence-corrected chi connectivity index (χ4v) is 2.63. The Kier molecular flexibility index (Phi) is 7.73. The SMILES string of the molecule is CCOc1ccccc1OCCCC(=O)NCc1cc(Br)ccc1F. The highest BCUT2D eigenvalue weighted by Gasteiger charge is 2.07. The van der Waals surface area contributed by atoms with Gasteiger partial charge >= 0.3 is 0 Å². The molecule has 0 saturated carbocycles. The summed E-state index contributed by atoms with van der Waals surface area (Å²) in [5.74, 6) is 0.890. The molecular formula is C19H21BrFNO3. The lowest BCUT2D eigenvalue weighted by atomic mass is 10.2. The maximum absolute atomic E-state index is 13.6. The standard InChI is InChI=1S/C19H21BrFNO3/c1-2-24-17-6-3-4-7-18(17)25-11-5-8-19(23)22-13-14-12-15(20)9-10-16(14)21/h3-4,6-7,9-10,12H,2,5,8,11,13H2,1H3,(H,22,23). The first kappa shape index (κ1) is 19.2. The van der Waals surface area contributed by atoms with Crippen LogP contribution in [0.5, 0.6) is 11.5 Å². The molecule has 0 aliphatic carbocycles. The van der Waals surface area contributed by atoms with E-state index in [2.05, 4.69) is 21.2 Å². The molecule has 0 aliphatic heterocycles. The first-order valence-corrected chi connectivity index (χ1v) is 8.94. The lowest BCUT2D eigenvalue weighted by molar-refractivity contribution is -0.121. The zero-order valence-corrected chi connectivity index (χ0v) is 15.6. The third-order valence-electron chi connectivity index (χ3n) is 3.44. The van der Waals surface area contributed by atoms with Crippen LogP contribution in [0.25, 0.3) is 0 Å². The largest absolute Gasteiger partial charge is 0.490 e. The fourth-order valence-electron chi connectivity index (χ4n) is 2.22. The van der Waals surface area contributed by atoms with Crippen LogP contribution >= 0.6 is 15.9 Å². The number of ether oxygens (including phenoxy) is 2. The Morgan fingerprint density at radius 3 is 2.60 bits per heavy atom. The highest BCUT2D eigenvalue weighted by atomic mass is 79.9. The molecule has 2 aromatic carbocycles. The molecule has 0 atom stereocenters. The van der Waals surface area contributed by atoms with Crippen LogP contribution in [0.3, 0.4) is 0 Å². The second-order valence-corrected chi connectivity index (χ2v) is 6.26. The summed E-state index contributed by atoms with van der Waals surface area (Å²) in [5.41, 5.74) is 0.449. The molecule has 0 heterocycles. The van der Waals surface area contributed by atoms with Crippen molar-refractivity contribution in [1.29, 1.82) is 0 Å². The average molecular weight is 410 g/mol. The molecule has 0 aromatic heterocycles. The first-order chi connectivity index (χ1) is 12.1. The van der Waals surface area contributed by atoms with E-state index in [9.17, 15) is 9.18 Å². The molecule has 2 rings (SSSR count). The number of hydrogen-bond acceptors (Lipinski definition) is 3. The van der Waals surface area contributed by atoms with Gasteiger partial charge in [0.15, 0.2) is 11.5 Å². The minimum absolute atomic E-state index is 0.138. The molecule has 1 amide bonds. The molecule has 25 heavy (non-hydrogen) atoms. The molecular weight excluding hydrogens is 389 g/mol. The number of nitrogens with one attached hydrogen (secondary N) is 1. The van der Waals surface area contributed by atoms with Gasteiger partial charge in [0.1, 0.15) is 5.82 Å². The molecule has 4 nitrogen and oxygen atoms in total. The summed E-state index contributed by atoms with van der Waals surface area (Å²) >= 11 is 3.29. The van der Waals surface area contributed by atoms with E-state index in [0.29, 0.717) is 43.1 Å². The Bertz CT molecular complexity index is 709. The maximum Gasteiger partial charge on any atom is 0.220 e. The third-order valence-corrected chi connectivity index (χ3v) is 3.93. The van der Waals surface area contributed by atoms with Crippen LogP contribution in [-0.2, 0) is 11.3 Å². The van der Waals surface area contributed by atoms with Crippen LogP contribution in [0.15, 0.2) is 46.9 Å². The molecule has 1 N–H and O–H groups in total. The molecule has 0 unspecified atom stereocenters. The van der Waals surface area contributed by atoms with Crippen molar-refractivity contribution < 1.29 is 18.7 Å². The van der Waals surface area contributed by atoms with Crippen molar-refractivity contribution in [2.45, 2.75) is 26.3 Å². The molecule has 0 saturated heterocycles. The second kappa shape index (κ2) is 10.0. The Morgan fingerprint density at radius 1 is 1.16 bits per heavy atom. The summed E-state index contributed by atoms with van der Waals surface area (Å²) in [5, 5.41) is 2.72. The summed E-state index contributed by atoms with van der Waals surface area (Å²) in [6.45, 7) is 3.05. The highest BCUT2D eigenvalue weighted by molar-refractivity contribution is 9.10. The van der Waals surface area contributed by atoms with Crippen molar-refractivity contribution in [3.05, 3.63) is 58.3 Å². The van der Waals surface area contributed by atoms with Gasteiger partial charge in [0.2, 0.25) is 5.91 Å². The van der Waals surface area contributed by atoms with Crippen molar-refractivity contribution in [3.8, 4) is 11.5 Å². The van der Waals surface area contributed by atoms with Gasteiger partial charge < -0.3 is 14.8 Å². The number of rotatable bonds is 9. The van der Waals surface area contributed by atoms with Gasteiger partial charge in [-0.15, -0.1) is 0 Å². The van der Waals surface area contributed by atoms with Crippen LogP contribution in [0.2, 0.25) is 0 Å². The number of amides is 1. The molecule has 6 heteroatoms. The number of carbonyl (C=O) groups is 1. The van der Waals surface area contributed by atoms with E-state index in [0.717, 1.165) is 4.47 Å². The third kappa shape index (κ3) is 6.38. The van der Waals surface area contributed by atoms with E-state index in [1.165, 1.54) is 6.07 Å². The van der Waals surface area contributed by atoms with Gasteiger partial charge in [-0.05, 0) is 43.7 Å². The van der Waals surface area contributed by atoms with Crippen molar-refractivity contribution in [2.75, 3.05) is 13.2 Å². The molecule has 0 fully saturated rings. The average Bonchev–Trinajstić information content (AvgIpc) is 2.61. The smallest absolute Gasteiger partial charge is 0.220 e. The quantitative estimate of drug-likeness (QED) is 0.621. The molecule has 0 radical (unpaired) electrons. The van der Waals surface area contributed by atoms with Crippen molar-refractivity contribution in [3.63, 3.8) is 0 Å². The second-order valence-electron chi connectivity index (χ2n) is 5.34. The van der Waals surface area contributed by atoms with E-state index in [-0.39, 0.29) is 18.3 Å². The van der Waals surface area contributed by atoms with Gasteiger partial charge in [-0.25, -0.2) is 4.39 Å². The van der Waals surface area contributed by atoms with Gasteiger partial charge in [0.25, 0.3) is 0 Å². The van der Waals surface area contributed by atoms with Crippen molar-refractivity contribution in [1.82, 2.24) is 5.32 Å². The number of carbonyl (C=O) groups excluding carboxylic acids is 1. The summed E-state index contributed by atoms with van der Waals surface area (Å²) in [4.78, 5) is 11.9. The van der Waals surface area contributed by atoms with E-state index >= 15 is 0 Å². The van der Waals surface area contributed by atoms with Crippen LogP contribution in [-0.4, -0.2) is 19.1 Å². The van der Waals surface area contributed by atoms with Crippen LogP contribution in [0.4, 0.5) is 4.39 Å². The van der Waals surface area contributed by atoms with Crippen LogP contribution < -0.4 is 14.8 Å². The van der Waals surface area contributed by atoms with Gasteiger partial charge in [-0.3, -0.25) is 4.79 Å². The van der Waals surface area contributed by atoms with Crippen LogP contribution in [0, 0.1) is 5.82 Å². The van der Waals surface area contributed by atoms with Gasteiger partial charge in [-0.2, -0.15) is 0 Å². The fraction of sp³-hybridized carbons (Fsp3) is 0.316. The monoisotopic (exact) mass is 409 g/mol. The highest BCUT2D eigenvalue weighted by Crippen LogP contribution is 2.26. The summed E-state index contributed by atoms with van der Waals surface area (Å²) < 4.78 is 25.5. The van der Waals surface area contributed by atoms with E-state index < -0.39 is 0 Å². The van der Waals surface area contributed by atoms with E-state index in [4.69, 9.17) is 9.47 Å². The van der Waals surface area contributed by atoms with E-state index in [1.807, 2.05) is 31.2 Å².